The Labute approximate surface area is 138 Å². The molecule has 1 spiro atoms. The Balaban J connectivity index is 1.59. The number of carbonyl (C=O) groups is 1. The van der Waals surface area contributed by atoms with Crippen LogP contribution in [0.1, 0.15) is 44.6 Å². The lowest BCUT2D eigenvalue weighted by atomic mass is 9.60. The Morgan fingerprint density at radius 1 is 1.39 bits per heavy atom. The molecular formula is C18H27N3O2. The molecule has 0 aromatic carbocycles. The van der Waals surface area contributed by atoms with Crippen LogP contribution in [0.5, 0.6) is 0 Å². The van der Waals surface area contributed by atoms with Crippen LogP contribution in [0.3, 0.4) is 0 Å². The van der Waals surface area contributed by atoms with Gasteiger partial charge in [0.15, 0.2) is 0 Å². The summed E-state index contributed by atoms with van der Waals surface area (Å²) in [5.74, 6) is 0. The van der Waals surface area contributed by atoms with Gasteiger partial charge in [-0.3, -0.25) is 4.98 Å². The number of rotatable bonds is 5. The summed E-state index contributed by atoms with van der Waals surface area (Å²) in [6.07, 6.45) is 9.67. The van der Waals surface area contributed by atoms with Crippen LogP contribution in [-0.4, -0.2) is 41.7 Å². The Morgan fingerprint density at radius 2 is 2.09 bits per heavy atom. The van der Waals surface area contributed by atoms with E-state index in [2.05, 4.69) is 17.2 Å². The zero-order valence-corrected chi connectivity index (χ0v) is 14.1. The second-order valence-electron chi connectivity index (χ2n) is 6.76. The highest BCUT2D eigenvalue weighted by molar-refractivity contribution is 5.74. The van der Waals surface area contributed by atoms with Gasteiger partial charge in [0.25, 0.3) is 0 Å². The van der Waals surface area contributed by atoms with Crippen LogP contribution in [0.25, 0.3) is 0 Å². The Kier molecular flexibility index (Phi) is 4.85. The summed E-state index contributed by atoms with van der Waals surface area (Å²) in [5.41, 5.74) is 1.26. The largest absolute Gasteiger partial charge is 0.378 e. The molecule has 2 aliphatic carbocycles. The molecule has 5 nitrogen and oxygen atoms in total. The highest BCUT2D eigenvalue weighted by atomic mass is 16.5. The van der Waals surface area contributed by atoms with Crippen molar-refractivity contribution in [1.82, 2.24) is 15.2 Å². The fraction of sp³-hybridized carbons (Fsp3) is 0.667. The van der Waals surface area contributed by atoms with E-state index in [0.29, 0.717) is 18.7 Å². The minimum Gasteiger partial charge on any atom is -0.378 e. The Morgan fingerprint density at radius 3 is 2.74 bits per heavy atom. The predicted molar refractivity (Wildman–Crippen MR) is 89.0 cm³/mol. The van der Waals surface area contributed by atoms with Crippen LogP contribution >= 0.6 is 0 Å². The van der Waals surface area contributed by atoms with Crippen LogP contribution in [0.4, 0.5) is 4.79 Å². The van der Waals surface area contributed by atoms with E-state index >= 15 is 0 Å². The van der Waals surface area contributed by atoms with Gasteiger partial charge in [-0.25, -0.2) is 4.79 Å². The number of pyridine rings is 1. The van der Waals surface area contributed by atoms with E-state index in [1.807, 2.05) is 24.1 Å². The van der Waals surface area contributed by atoms with E-state index in [1.54, 1.807) is 12.4 Å². The van der Waals surface area contributed by atoms with Crippen molar-refractivity contribution in [2.45, 2.75) is 57.7 Å². The average molecular weight is 317 g/mol. The van der Waals surface area contributed by atoms with E-state index in [0.717, 1.165) is 18.6 Å². The standard InChI is InChI=1S/C18H27N3O2/c1-3-23-16-12-15(18(16)8-4-5-9-18)21(2)17(22)20-13-14-6-10-19-11-7-14/h6-7,10-11,15-16H,3-5,8-9,12-13H2,1-2H3,(H,20,22)/t15-,16-/m0/s1. The number of nitrogens with one attached hydrogen (secondary N) is 1. The number of ether oxygens (including phenoxy) is 1. The molecular weight excluding hydrogens is 290 g/mol. The van der Waals surface area contributed by atoms with E-state index in [-0.39, 0.29) is 11.4 Å². The van der Waals surface area contributed by atoms with Gasteiger partial charge in [0.1, 0.15) is 0 Å². The predicted octanol–water partition coefficient (Wildman–Crippen LogP) is 2.96. The molecule has 2 atom stereocenters. The molecule has 1 N–H and O–H groups in total. The first-order valence-electron chi connectivity index (χ1n) is 8.68. The molecule has 0 radical (unpaired) electrons. The molecule has 2 fully saturated rings. The van der Waals surface area contributed by atoms with E-state index < -0.39 is 0 Å². The minimum absolute atomic E-state index is 0.00744. The fourth-order valence-electron chi connectivity index (χ4n) is 4.34. The molecule has 2 saturated carbocycles. The van der Waals surface area contributed by atoms with Gasteiger partial charge in [0.05, 0.1) is 6.10 Å². The number of urea groups is 1. The monoisotopic (exact) mass is 317 g/mol. The van der Waals surface area contributed by atoms with Crippen molar-refractivity contribution in [3.63, 3.8) is 0 Å². The smallest absolute Gasteiger partial charge is 0.317 e. The lowest BCUT2D eigenvalue weighted by Crippen LogP contribution is -2.65. The van der Waals surface area contributed by atoms with Crippen LogP contribution in [-0.2, 0) is 11.3 Å². The van der Waals surface area contributed by atoms with Gasteiger partial charge < -0.3 is 15.0 Å². The van der Waals surface area contributed by atoms with E-state index in [9.17, 15) is 4.79 Å². The van der Waals surface area contributed by atoms with Crippen LogP contribution in [0.15, 0.2) is 24.5 Å². The summed E-state index contributed by atoms with van der Waals surface area (Å²) < 4.78 is 5.94. The van der Waals surface area contributed by atoms with E-state index in [1.165, 1.54) is 25.7 Å². The number of hydrogen-bond donors (Lipinski definition) is 1. The highest BCUT2D eigenvalue weighted by Crippen LogP contribution is 2.56. The number of hydrogen-bond acceptors (Lipinski definition) is 3. The molecule has 0 unspecified atom stereocenters. The third-order valence-electron chi connectivity index (χ3n) is 5.63. The maximum absolute atomic E-state index is 12.5. The number of amides is 2. The quantitative estimate of drug-likeness (QED) is 0.908. The number of aromatic nitrogens is 1. The van der Waals surface area contributed by atoms with Crippen molar-refractivity contribution in [2.75, 3.05) is 13.7 Å². The summed E-state index contributed by atoms with van der Waals surface area (Å²) in [4.78, 5) is 18.4. The molecule has 0 bridgehead atoms. The molecule has 23 heavy (non-hydrogen) atoms. The Hall–Kier alpha value is -1.62. The minimum atomic E-state index is 0.00744. The zero-order chi connectivity index (χ0) is 16.3. The molecule has 2 aliphatic rings. The van der Waals surface area contributed by atoms with Crippen molar-refractivity contribution >= 4 is 6.03 Å². The molecule has 0 aliphatic heterocycles. The first-order chi connectivity index (χ1) is 11.2. The fourth-order valence-corrected chi connectivity index (χ4v) is 4.34. The van der Waals surface area contributed by atoms with Crippen molar-refractivity contribution in [1.29, 1.82) is 0 Å². The van der Waals surface area contributed by atoms with Crippen molar-refractivity contribution < 1.29 is 9.53 Å². The second-order valence-corrected chi connectivity index (χ2v) is 6.76. The molecule has 1 aromatic rings. The molecule has 126 valence electrons. The second kappa shape index (κ2) is 6.87. The van der Waals surface area contributed by atoms with E-state index in [4.69, 9.17) is 4.74 Å². The summed E-state index contributed by atoms with van der Waals surface area (Å²) in [7, 11) is 1.93. The topological polar surface area (TPSA) is 54.5 Å². The van der Waals surface area contributed by atoms with Crippen molar-refractivity contribution in [3.8, 4) is 0 Å². The number of nitrogens with zero attached hydrogens (tertiary/aromatic N) is 2. The third-order valence-corrected chi connectivity index (χ3v) is 5.63. The lowest BCUT2D eigenvalue weighted by molar-refractivity contribution is -0.151. The first kappa shape index (κ1) is 16.2. The molecule has 3 rings (SSSR count). The normalized spacial score (nSPS) is 25.1. The third kappa shape index (κ3) is 3.07. The maximum Gasteiger partial charge on any atom is 0.317 e. The van der Waals surface area contributed by atoms with Crippen LogP contribution in [0, 0.1) is 5.41 Å². The summed E-state index contributed by atoms with van der Waals surface area (Å²) in [6.45, 7) is 3.36. The molecule has 5 heteroatoms. The van der Waals surface area contributed by atoms with Gasteiger partial charge in [0, 0.05) is 44.0 Å². The van der Waals surface area contributed by atoms with Crippen LogP contribution in [0.2, 0.25) is 0 Å². The van der Waals surface area contributed by atoms with Gasteiger partial charge >= 0.3 is 6.03 Å². The van der Waals surface area contributed by atoms with Gasteiger partial charge in [-0.05, 0) is 43.9 Å². The van der Waals surface area contributed by atoms with Gasteiger partial charge in [0.2, 0.25) is 0 Å². The maximum atomic E-state index is 12.5. The van der Waals surface area contributed by atoms with Crippen LogP contribution < -0.4 is 5.32 Å². The van der Waals surface area contributed by atoms with Gasteiger partial charge in [-0.1, -0.05) is 12.8 Å². The Bertz CT molecular complexity index is 528. The van der Waals surface area contributed by atoms with Gasteiger partial charge in [-0.2, -0.15) is 0 Å². The summed E-state index contributed by atoms with van der Waals surface area (Å²) in [5, 5.41) is 3.02. The number of carbonyl (C=O) groups excluding carboxylic acids is 1. The molecule has 0 saturated heterocycles. The molecule has 2 amide bonds. The summed E-state index contributed by atoms with van der Waals surface area (Å²) >= 11 is 0. The highest BCUT2D eigenvalue weighted by Gasteiger charge is 2.58. The average Bonchev–Trinajstić information content (AvgIpc) is 3.09. The zero-order valence-electron chi connectivity index (χ0n) is 14.1. The van der Waals surface area contributed by atoms with Gasteiger partial charge in [-0.15, -0.1) is 0 Å². The summed E-state index contributed by atoms with van der Waals surface area (Å²) in [6, 6.07) is 4.16. The first-order valence-corrected chi connectivity index (χ1v) is 8.68. The molecule has 1 aromatic heterocycles. The SMILES string of the molecule is CCO[C@H]1C[C@H](N(C)C(=O)NCc2ccncc2)C12CCCC2. The van der Waals surface area contributed by atoms with Crippen molar-refractivity contribution in [2.24, 2.45) is 5.41 Å². The van der Waals surface area contributed by atoms with Crippen molar-refractivity contribution in [3.05, 3.63) is 30.1 Å². The lowest BCUT2D eigenvalue weighted by Gasteiger charge is -2.56. The molecule has 1 heterocycles.